The van der Waals surface area contributed by atoms with Crippen LogP contribution in [0.5, 0.6) is 0 Å². The Bertz CT molecular complexity index is 1480. The second kappa shape index (κ2) is 7.54. The molecule has 1 saturated heterocycles. The first-order valence-corrected chi connectivity index (χ1v) is 13.1. The molecule has 6 rings (SSSR count). The van der Waals surface area contributed by atoms with Crippen molar-refractivity contribution in [1.82, 2.24) is 20.6 Å². The number of aliphatic hydroxyl groups is 1. The van der Waals surface area contributed by atoms with Crippen LogP contribution in [0.3, 0.4) is 0 Å². The van der Waals surface area contributed by atoms with E-state index < -0.39 is 6.10 Å². The molecule has 2 aromatic rings. The van der Waals surface area contributed by atoms with E-state index in [1.807, 2.05) is 0 Å². The zero-order valence-electron chi connectivity index (χ0n) is 22.1. The summed E-state index contributed by atoms with van der Waals surface area (Å²) in [6, 6.07) is 0.191. The summed E-state index contributed by atoms with van der Waals surface area (Å²) < 4.78 is 0. The van der Waals surface area contributed by atoms with Crippen LogP contribution in [0.2, 0.25) is 0 Å². The first kappa shape index (κ1) is 22.5. The van der Waals surface area contributed by atoms with E-state index in [0.29, 0.717) is 17.8 Å². The summed E-state index contributed by atoms with van der Waals surface area (Å²) in [6.45, 7) is 17.9. The van der Waals surface area contributed by atoms with Crippen LogP contribution in [0.4, 0.5) is 0 Å². The zero-order valence-corrected chi connectivity index (χ0v) is 22.1. The molecule has 5 heterocycles. The van der Waals surface area contributed by atoms with Crippen LogP contribution in [0.1, 0.15) is 74.4 Å². The molecule has 2 aromatic heterocycles. The van der Waals surface area contributed by atoms with Gasteiger partial charge in [-0.15, -0.1) is 0 Å². The van der Waals surface area contributed by atoms with Crippen molar-refractivity contribution in [3.8, 4) is 0 Å². The molecule has 1 aliphatic carbocycles. The molecule has 1 unspecified atom stereocenters. The lowest BCUT2D eigenvalue weighted by Gasteiger charge is -2.24. The van der Waals surface area contributed by atoms with E-state index in [9.17, 15) is 5.11 Å². The molecule has 4 aliphatic rings. The molecule has 3 aliphatic heterocycles. The second-order valence-electron chi connectivity index (χ2n) is 11.4. The molecule has 5 nitrogen and oxygen atoms in total. The van der Waals surface area contributed by atoms with Crippen LogP contribution in [0, 0.1) is 44.4 Å². The highest BCUT2D eigenvalue weighted by molar-refractivity contribution is 5.67. The first-order valence-electron chi connectivity index (χ1n) is 13.1. The van der Waals surface area contributed by atoms with Crippen molar-refractivity contribution in [2.24, 2.45) is 23.7 Å². The minimum atomic E-state index is -0.482. The fourth-order valence-electron chi connectivity index (χ4n) is 6.63. The molecule has 0 amide bonds. The molecular weight excluding hydrogens is 432 g/mol. The van der Waals surface area contributed by atoms with Gasteiger partial charge >= 0.3 is 0 Å². The van der Waals surface area contributed by atoms with Crippen LogP contribution in [-0.2, 0) is 0 Å². The van der Waals surface area contributed by atoms with Gasteiger partial charge in [-0.05, 0) is 79.7 Å². The molecular formula is C30H38N4O. The molecule has 0 radical (unpaired) electrons. The Labute approximate surface area is 207 Å². The average molecular weight is 471 g/mol. The van der Waals surface area contributed by atoms with Crippen LogP contribution >= 0.6 is 0 Å². The van der Waals surface area contributed by atoms with Crippen molar-refractivity contribution in [3.63, 3.8) is 0 Å². The summed E-state index contributed by atoms with van der Waals surface area (Å²) in [4.78, 5) is 7.42. The SMILES string of the molecule is CC1=C2/C=C3\NC(C4=c5[nH]/c(c(C)c5[C@H](O)[C@@H]4C)=C\c4[nH]c(c(C)c4C)/C=C(\N2)[C@@H]1C)[C@@H](C)[C@@H]3C. The molecule has 35 heavy (non-hydrogen) atoms. The standard InChI is InChI=1S/C30H38N4O/c1-12-14(3)22-10-24-16(5)17(6)28(33-24)26-19(8)30(35)27-18(7)25(34-29(26)27)11-23-15(4)13(2)21(32-23)9-20(12)31-22/h9-12,16-17,19,28,30-35H,1-8H3/b20-9-,24-10-,25-11-/t12-,16+,17+,19-,28?,30-/m1/s1. The highest BCUT2D eigenvalue weighted by Gasteiger charge is 2.43. The third-order valence-electron chi connectivity index (χ3n) is 9.70. The monoisotopic (exact) mass is 470 g/mol. The van der Waals surface area contributed by atoms with Crippen LogP contribution in [0.15, 0.2) is 28.7 Å². The molecule has 5 N–H and O–H groups in total. The number of aromatic amines is 2. The molecule has 5 heteroatoms. The van der Waals surface area contributed by atoms with Gasteiger partial charge in [0.05, 0.1) is 12.1 Å². The summed E-state index contributed by atoms with van der Waals surface area (Å²) in [5.74, 6) is 1.25. The fourth-order valence-corrected chi connectivity index (χ4v) is 6.63. The molecule has 0 aromatic carbocycles. The largest absolute Gasteiger partial charge is 0.388 e. The number of aromatic nitrogens is 2. The number of fused-ring (bicyclic) bond motifs is 8. The number of allylic oxidation sites excluding steroid dienone is 3. The number of hydrogen-bond acceptors (Lipinski definition) is 3. The molecule has 0 saturated carbocycles. The maximum atomic E-state index is 11.3. The van der Waals surface area contributed by atoms with Crippen molar-refractivity contribution >= 4 is 17.7 Å². The van der Waals surface area contributed by atoms with E-state index in [-0.39, 0.29) is 12.0 Å². The van der Waals surface area contributed by atoms with Gasteiger partial charge in [0.15, 0.2) is 0 Å². The van der Waals surface area contributed by atoms with Gasteiger partial charge < -0.3 is 25.7 Å². The van der Waals surface area contributed by atoms with Crippen LogP contribution in [-0.4, -0.2) is 21.1 Å². The number of aliphatic hydroxyl groups excluding tert-OH is 1. The minimum Gasteiger partial charge on any atom is -0.388 e. The Balaban J connectivity index is 1.66. The number of hydrogen-bond donors (Lipinski definition) is 5. The lowest BCUT2D eigenvalue weighted by atomic mass is 9.84. The predicted molar refractivity (Wildman–Crippen MR) is 142 cm³/mol. The summed E-state index contributed by atoms with van der Waals surface area (Å²) in [5, 5.41) is 21.2. The lowest BCUT2D eigenvalue weighted by molar-refractivity contribution is 0.146. The Morgan fingerprint density at radius 2 is 1.46 bits per heavy atom. The van der Waals surface area contributed by atoms with Gasteiger partial charge in [-0.1, -0.05) is 27.7 Å². The molecule has 1 fully saturated rings. The quantitative estimate of drug-likeness (QED) is 0.405. The fraction of sp³-hybridized carbons (Fsp3) is 0.467. The number of rotatable bonds is 0. The first-order chi connectivity index (χ1) is 16.6. The van der Waals surface area contributed by atoms with E-state index >= 15 is 0 Å². The van der Waals surface area contributed by atoms with E-state index in [1.54, 1.807) is 0 Å². The maximum absolute atomic E-state index is 11.3. The average Bonchev–Trinajstić information content (AvgIpc) is 3.52. The summed E-state index contributed by atoms with van der Waals surface area (Å²) in [5.41, 5.74) is 13.4. The Morgan fingerprint density at radius 3 is 2.17 bits per heavy atom. The number of nitrogens with one attached hydrogen (secondary N) is 4. The van der Waals surface area contributed by atoms with Gasteiger partial charge in [-0.25, -0.2) is 0 Å². The van der Waals surface area contributed by atoms with Crippen molar-refractivity contribution in [3.05, 3.63) is 73.1 Å². The van der Waals surface area contributed by atoms with Gasteiger partial charge in [-0.2, -0.15) is 0 Å². The Hall–Kier alpha value is -2.92. The summed E-state index contributed by atoms with van der Waals surface area (Å²) in [7, 11) is 0. The third-order valence-corrected chi connectivity index (χ3v) is 9.70. The highest BCUT2D eigenvalue weighted by Crippen LogP contribution is 2.43. The molecule has 184 valence electrons. The Kier molecular flexibility index (Phi) is 4.85. The van der Waals surface area contributed by atoms with Crippen LogP contribution in [0.25, 0.3) is 17.7 Å². The van der Waals surface area contributed by atoms with Crippen molar-refractivity contribution in [1.29, 1.82) is 0 Å². The summed E-state index contributed by atoms with van der Waals surface area (Å²) >= 11 is 0. The van der Waals surface area contributed by atoms with Gasteiger partial charge in [0.1, 0.15) is 0 Å². The normalized spacial score (nSPS) is 35.2. The second-order valence-corrected chi connectivity index (χ2v) is 11.4. The molecule has 8 bridgehead atoms. The maximum Gasteiger partial charge on any atom is 0.0877 e. The Morgan fingerprint density at radius 1 is 0.771 bits per heavy atom. The smallest absolute Gasteiger partial charge is 0.0877 e. The molecule has 0 spiro atoms. The van der Waals surface area contributed by atoms with E-state index in [1.165, 1.54) is 39.4 Å². The van der Waals surface area contributed by atoms with E-state index in [4.69, 9.17) is 0 Å². The topological polar surface area (TPSA) is 75.9 Å². The lowest BCUT2D eigenvalue weighted by Crippen LogP contribution is -2.33. The minimum absolute atomic E-state index is 0.0792. The van der Waals surface area contributed by atoms with Crippen molar-refractivity contribution in [2.75, 3.05) is 0 Å². The van der Waals surface area contributed by atoms with Gasteiger partial charge in [0, 0.05) is 62.5 Å². The van der Waals surface area contributed by atoms with Gasteiger partial charge in [0.2, 0.25) is 0 Å². The summed E-state index contributed by atoms with van der Waals surface area (Å²) in [6.07, 6.45) is 6.35. The molecule has 6 atom stereocenters. The van der Waals surface area contributed by atoms with Crippen LogP contribution < -0.4 is 21.3 Å². The highest BCUT2D eigenvalue weighted by atomic mass is 16.3. The predicted octanol–water partition coefficient (Wildman–Crippen LogP) is 3.93. The van der Waals surface area contributed by atoms with E-state index in [0.717, 1.165) is 33.2 Å². The van der Waals surface area contributed by atoms with Crippen molar-refractivity contribution < 1.29 is 5.11 Å². The van der Waals surface area contributed by atoms with Crippen molar-refractivity contribution in [2.45, 2.75) is 67.5 Å². The van der Waals surface area contributed by atoms with Gasteiger partial charge in [-0.3, -0.25) is 0 Å². The van der Waals surface area contributed by atoms with Gasteiger partial charge in [0.25, 0.3) is 0 Å². The number of H-pyrrole nitrogens is 2. The third kappa shape index (κ3) is 3.03. The van der Waals surface area contributed by atoms with E-state index in [2.05, 4.69) is 94.2 Å². The zero-order chi connectivity index (χ0) is 24.9.